The molecule has 0 radical (unpaired) electrons. The first-order valence-electron chi connectivity index (χ1n) is 5.39. The Balaban J connectivity index is 3.24. The number of sulfone groups is 1. The summed E-state index contributed by atoms with van der Waals surface area (Å²) in [7, 11) is -3.83. The molecular weight excluding hydrogens is 303 g/mol. The van der Waals surface area contributed by atoms with Gasteiger partial charge in [-0.1, -0.05) is 12.1 Å². The Morgan fingerprint density at radius 2 is 1.84 bits per heavy atom. The third-order valence-corrected chi connectivity index (χ3v) is 4.30. The summed E-state index contributed by atoms with van der Waals surface area (Å²) in [5.74, 6) is 0.346. The van der Waals surface area contributed by atoms with E-state index in [0.29, 0.717) is 18.8 Å². The SMILES string of the molecule is CN(CCCCl)c1ccccc1S(=O)(=O)C(F)(F)F. The van der Waals surface area contributed by atoms with E-state index in [1.54, 1.807) is 0 Å². The van der Waals surface area contributed by atoms with Gasteiger partial charge >= 0.3 is 5.51 Å². The lowest BCUT2D eigenvalue weighted by atomic mass is 10.3. The zero-order valence-electron chi connectivity index (χ0n) is 10.1. The highest BCUT2D eigenvalue weighted by atomic mass is 35.5. The van der Waals surface area contributed by atoms with Crippen molar-refractivity contribution in [1.29, 1.82) is 0 Å². The maximum absolute atomic E-state index is 12.6. The van der Waals surface area contributed by atoms with E-state index in [1.165, 1.54) is 30.1 Å². The molecule has 8 heteroatoms. The van der Waals surface area contributed by atoms with E-state index in [0.717, 1.165) is 6.07 Å². The van der Waals surface area contributed by atoms with E-state index >= 15 is 0 Å². The summed E-state index contributed by atoms with van der Waals surface area (Å²) in [6, 6.07) is 5.04. The lowest BCUT2D eigenvalue weighted by Gasteiger charge is -2.22. The molecule has 0 fully saturated rings. The molecular formula is C11H13ClF3NO2S. The highest BCUT2D eigenvalue weighted by molar-refractivity contribution is 7.92. The summed E-state index contributed by atoms with van der Waals surface area (Å²) in [5.41, 5.74) is -5.29. The van der Waals surface area contributed by atoms with Gasteiger partial charge in [-0.3, -0.25) is 0 Å². The molecule has 0 N–H and O–H groups in total. The van der Waals surface area contributed by atoms with Crippen LogP contribution in [0.5, 0.6) is 0 Å². The van der Waals surface area contributed by atoms with Gasteiger partial charge in [0.05, 0.1) is 10.6 Å². The minimum Gasteiger partial charge on any atom is -0.373 e. The smallest absolute Gasteiger partial charge is 0.373 e. The monoisotopic (exact) mass is 315 g/mol. The van der Waals surface area contributed by atoms with Gasteiger partial charge in [-0.2, -0.15) is 13.2 Å². The van der Waals surface area contributed by atoms with E-state index in [2.05, 4.69) is 0 Å². The first-order valence-corrected chi connectivity index (χ1v) is 7.41. The molecule has 0 aromatic heterocycles. The molecule has 0 atom stereocenters. The molecule has 108 valence electrons. The normalized spacial score (nSPS) is 12.5. The predicted octanol–water partition coefficient (Wildman–Crippen LogP) is 3.05. The fourth-order valence-electron chi connectivity index (χ4n) is 1.54. The molecule has 0 aliphatic rings. The van der Waals surface area contributed by atoms with Crippen LogP contribution in [0.25, 0.3) is 0 Å². The largest absolute Gasteiger partial charge is 0.501 e. The highest BCUT2D eigenvalue weighted by Crippen LogP contribution is 2.35. The van der Waals surface area contributed by atoms with Crippen LogP contribution in [0.2, 0.25) is 0 Å². The Hall–Kier alpha value is -0.950. The van der Waals surface area contributed by atoms with Gasteiger partial charge in [0.2, 0.25) is 0 Å². The van der Waals surface area contributed by atoms with E-state index in [9.17, 15) is 21.6 Å². The molecule has 0 aliphatic heterocycles. The van der Waals surface area contributed by atoms with Crippen molar-refractivity contribution in [3.8, 4) is 0 Å². The minimum absolute atomic E-state index is 0.0185. The van der Waals surface area contributed by atoms with Crippen molar-refractivity contribution in [3.63, 3.8) is 0 Å². The number of anilines is 1. The zero-order chi connectivity index (χ0) is 14.7. The first kappa shape index (κ1) is 16.1. The van der Waals surface area contributed by atoms with Crippen molar-refractivity contribution >= 4 is 27.1 Å². The molecule has 1 aromatic carbocycles. The van der Waals surface area contributed by atoms with Crippen LogP contribution in [-0.4, -0.2) is 33.4 Å². The van der Waals surface area contributed by atoms with Gasteiger partial charge in [0.1, 0.15) is 0 Å². The molecule has 0 aliphatic carbocycles. The van der Waals surface area contributed by atoms with Crippen molar-refractivity contribution in [2.24, 2.45) is 0 Å². The number of alkyl halides is 4. The average molecular weight is 316 g/mol. The molecule has 0 heterocycles. The lowest BCUT2D eigenvalue weighted by molar-refractivity contribution is -0.0435. The molecule has 0 amide bonds. The summed E-state index contributed by atoms with van der Waals surface area (Å²) in [5, 5.41) is 0. The second kappa shape index (κ2) is 6.00. The fraction of sp³-hybridized carbons (Fsp3) is 0.455. The number of para-hydroxylation sites is 1. The Kier molecular flexibility index (Phi) is 5.09. The fourth-order valence-corrected chi connectivity index (χ4v) is 2.67. The van der Waals surface area contributed by atoms with Crippen LogP contribution in [0, 0.1) is 0 Å². The standard InChI is InChI=1S/C11H13ClF3NO2S/c1-16(8-4-7-12)9-5-2-3-6-10(9)19(17,18)11(13,14)15/h2-3,5-6H,4,7-8H2,1H3. The number of benzene rings is 1. The lowest BCUT2D eigenvalue weighted by Crippen LogP contribution is -2.27. The molecule has 19 heavy (non-hydrogen) atoms. The summed E-state index contributed by atoms with van der Waals surface area (Å²) in [4.78, 5) is 0.709. The van der Waals surface area contributed by atoms with Gasteiger partial charge in [-0.15, -0.1) is 11.6 Å². The Morgan fingerprint density at radius 3 is 2.37 bits per heavy atom. The summed E-state index contributed by atoms with van der Waals surface area (Å²) in [6.45, 7) is 0.369. The second-order valence-electron chi connectivity index (χ2n) is 3.88. The quantitative estimate of drug-likeness (QED) is 0.784. The van der Waals surface area contributed by atoms with E-state index in [1.807, 2.05) is 0 Å². The van der Waals surface area contributed by atoms with Crippen LogP contribution in [0.15, 0.2) is 29.2 Å². The van der Waals surface area contributed by atoms with Crippen LogP contribution in [0.4, 0.5) is 18.9 Å². The van der Waals surface area contributed by atoms with Crippen LogP contribution in [0.1, 0.15) is 6.42 Å². The molecule has 3 nitrogen and oxygen atoms in total. The van der Waals surface area contributed by atoms with Crippen molar-refractivity contribution in [1.82, 2.24) is 0 Å². The van der Waals surface area contributed by atoms with E-state index in [-0.39, 0.29) is 5.69 Å². The Labute approximate surface area is 114 Å². The highest BCUT2D eigenvalue weighted by Gasteiger charge is 2.48. The number of halogens is 4. The molecule has 1 aromatic rings. The Morgan fingerprint density at radius 1 is 1.26 bits per heavy atom. The van der Waals surface area contributed by atoms with Gasteiger partial charge in [0.15, 0.2) is 0 Å². The topological polar surface area (TPSA) is 37.4 Å². The van der Waals surface area contributed by atoms with Crippen molar-refractivity contribution < 1.29 is 21.6 Å². The van der Waals surface area contributed by atoms with Gasteiger partial charge in [0, 0.05) is 19.5 Å². The number of hydrogen-bond acceptors (Lipinski definition) is 3. The van der Waals surface area contributed by atoms with Crippen LogP contribution in [0.3, 0.4) is 0 Å². The van der Waals surface area contributed by atoms with Crippen molar-refractivity contribution in [3.05, 3.63) is 24.3 Å². The van der Waals surface area contributed by atoms with Crippen molar-refractivity contribution in [2.45, 2.75) is 16.8 Å². The van der Waals surface area contributed by atoms with Gasteiger partial charge < -0.3 is 4.90 Å². The molecule has 1 rings (SSSR count). The second-order valence-corrected chi connectivity index (χ2v) is 6.17. The maximum atomic E-state index is 12.6. The minimum atomic E-state index is -5.35. The van der Waals surface area contributed by atoms with Gasteiger partial charge in [-0.25, -0.2) is 8.42 Å². The summed E-state index contributed by atoms with van der Waals surface area (Å²) < 4.78 is 60.7. The van der Waals surface area contributed by atoms with Crippen molar-refractivity contribution in [2.75, 3.05) is 24.4 Å². The third-order valence-electron chi connectivity index (χ3n) is 2.50. The van der Waals surface area contributed by atoms with E-state index < -0.39 is 20.2 Å². The Bertz CT molecular complexity index is 531. The average Bonchev–Trinajstić information content (AvgIpc) is 2.34. The predicted molar refractivity (Wildman–Crippen MR) is 68.3 cm³/mol. The van der Waals surface area contributed by atoms with Gasteiger partial charge in [0.25, 0.3) is 9.84 Å². The number of hydrogen-bond donors (Lipinski definition) is 0. The number of rotatable bonds is 5. The number of nitrogens with zero attached hydrogens (tertiary/aromatic N) is 1. The van der Waals surface area contributed by atoms with Crippen LogP contribution >= 0.6 is 11.6 Å². The molecule has 0 saturated heterocycles. The third kappa shape index (κ3) is 3.54. The summed E-state index contributed by atoms with van der Waals surface area (Å²) >= 11 is 5.51. The molecule has 0 unspecified atom stereocenters. The van der Waals surface area contributed by atoms with Gasteiger partial charge in [-0.05, 0) is 18.6 Å². The van der Waals surface area contributed by atoms with Crippen LogP contribution < -0.4 is 4.90 Å². The molecule has 0 saturated carbocycles. The molecule has 0 bridgehead atoms. The summed E-state index contributed by atoms with van der Waals surface area (Å²) in [6.07, 6.45) is 0.540. The van der Waals surface area contributed by atoms with Crippen LogP contribution in [-0.2, 0) is 9.84 Å². The first-order chi connectivity index (χ1) is 8.71. The zero-order valence-corrected chi connectivity index (χ0v) is 11.7. The molecule has 0 spiro atoms. The maximum Gasteiger partial charge on any atom is 0.501 e. The van der Waals surface area contributed by atoms with E-state index in [4.69, 9.17) is 11.6 Å².